The summed E-state index contributed by atoms with van der Waals surface area (Å²) in [5.41, 5.74) is 2.59. The molecule has 0 N–H and O–H groups in total. The van der Waals surface area contributed by atoms with Gasteiger partial charge in [0.15, 0.2) is 0 Å². The Bertz CT molecular complexity index is 1410. The second kappa shape index (κ2) is 24.5. The predicted molar refractivity (Wildman–Crippen MR) is 232 cm³/mol. The summed E-state index contributed by atoms with van der Waals surface area (Å²) in [6.07, 6.45) is 32.8. The van der Waals surface area contributed by atoms with Gasteiger partial charge in [-0.3, -0.25) is 0 Å². The van der Waals surface area contributed by atoms with Crippen LogP contribution < -0.4 is 14.4 Å². The van der Waals surface area contributed by atoms with Crippen molar-refractivity contribution in [2.24, 2.45) is 0 Å². The van der Waals surface area contributed by atoms with Crippen molar-refractivity contribution >= 4 is 23.6 Å². The highest BCUT2D eigenvalue weighted by molar-refractivity contribution is 8.13. The third-order valence-electron chi connectivity index (χ3n) is 11.3. The lowest BCUT2D eigenvalue weighted by Crippen LogP contribution is -2.14. The molecule has 4 nitrogen and oxygen atoms in total. The monoisotopic (exact) mass is 774 g/mol. The van der Waals surface area contributed by atoms with Crippen LogP contribution in [0, 0.1) is 0 Å². The molecule has 4 unspecified atom stereocenters. The molecule has 0 radical (unpaired) electrons. The molecule has 2 saturated heterocycles. The van der Waals surface area contributed by atoms with Crippen LogP contribution in [0.2, 0.25) is 0 Å². The van der Waals surface area contributed by atoms with Crippen LogP contribution in [-0.4, -0.2) is 24.4 Å². The maximum absolute atomic E-state index is 6.68. The van der Waals surface area contributed by atoms with E-state index in [1.807, 2.05) is 42.5 Å². The number of rotatable bonds is 31. The summed E-state index contributed by atoms with van der Waals surface area (Å²) in [5.74, 6) is 1.58. The van der Waals surface area contributed by atoms with Crippen LogP contribution in [0.15, 0.2) is 78.9 Å². The van der Waals surface area contributed by atoms with E-state index in [9.17, 15) is 0 Å². The molecule has 0 spiro atoms. The molecule has 3 aromatic rings. The lowest BCUT2D eigenvalue weighted by Gasteiger charge is -2.24. The molecule has 4 atom stereocenters. The molecular formula is C48H71O4PS. The highest BCUT2D eigenvalue weighted by Crippen LogP contribution is 2.48. The first kappa shape index (κ1) is 43.0. The Kier molecular flexibility index (Phi) is 19.5. The highest BCUT2D eigenvalue weighted by atomic mass is 32.5. The Morgan fingerprint density at radius 1 is 0.463 bits per heavy atom. The van der Waals surface area contributed by atoms with Gasteiger partial charge in [0.2, 0.25) is 0 Å². The van der Waals surface area contributed by atoms with E-state index in [0.717, 1.165) is 29.6 Å². The van der Waals surface area contributed by atoms with Crippen LogP contribution in [0.1, 0.15) is 166 Å². The van der Waals surface area contributed by atoms with E-state index in [2.05, 4.69) is 50.2 Å². The normalized spacial score (nSPS) is 20.0. The Hall–Kier alpha value is -2.17. The van der Waals surface area contributed by atoms with Gasteiger partial charge in [0.1, 0.15) is 11.5 Å². The van der Waals surface area contributed by atoms with E-state index in [1.165, 1.54) is 152 Å². The van der Waals surface area contributed by atoms with E-state index in [4.69, 9.17) is 30.3 Å². The fraction of sp³-hybridized carbons (Fsp3) is 0.625. The van der Waals surface area contributed by atoms with Crippen molar-refractivity contribution in [2.45, 2.75) is 192 Å². The van der Waals surface area contributed by atoms with Crippen molar-refractivity contribution in [1.82, 2.24) is 0 Å². The van der Waals surface area contributed by atoms with Crippen molar-refractivity contribution in [3.8, 4) is 11.5 Å². The zero-order valence-electron chi connectivity index (χ0n) is 33.8. The smallest absolute Gasteiger partial charge is 0.319 e. The number of benzene rings is 3. The van der Waals surface area contributed by atoms with E-state index in [0.29, 0.717) is 24.4 Å². The summed E-state index contributed by atoms with van der Waals surface area (Å²) >= 11 is 6.28. The topological polar surface area (TPSA) is 43.5 Å². The van der Waals surface area contributed by atoms with Crippen molar-refractivity contribution in [2.75, 3.05) is 0 Å². The molecule has 0 aliphatic carbocycles. The van der Waals surface area contributed by atoms with Crippen LogP contribution >= 0.6 is 6.49 Å². The van der Waals surface area contributed by atoms with Crippen LogP contribution in [0.4, 0.5) is 0 Å². The van der Waals surface area contributed by atoms with Gasteiger partial charge in [-0.1, -0.05) is 159 Å². The Morgan fingerprint density at radius 2 is 0.852 bits per heavy atom. The van der Waals surface area contributed by atoms with Crippen LogP contribution in [0.25, 0.3) is 0 Å². The van der Waals surface area contributed by atoms with Crippen molar-refractivity contribution in [3.05, 3.63) is 90.0 Å². The van der Waals surface area contributed by atoms with Crippen molar-refractivity contribution in [3.63, 3.8) is 0 Å². The molecule has 2 fully saturated rings. The predicted octanol–water partition coefficient (Wildman–Crippen LogP) is 14.0. The minimum absolute atomic E-state index is 0.550. The zero-order chi connectivity index (χ0) is 37.7. The quantitative estimate of drug-likeness (QED) is 0.0370. The number of aryl methyl sites for hydroxylation is 2. The third-order valence-corrected chi connectivity index (χ3v) is 14.2. The number of hydrogen-bond acceptors (Lipinski definition) is 5. The van der Waals surface area contributed by atoms with Gasteiger partial charge in [-0.15, -0.1) is 0 Å². The first-order valence-corrected chi connectivity index (χ1v) is 24.7. The summed E-state index contributed by atoms with van der Waals surface area (Å²) < 4.78 is 25.2. The molecule has 2 heterocycles. The summed E-state index contributed by atoms with van der Waals surface area (Å²) in [6, 6.07) is 27.1. The van der Waals surface area contributed by atoms with Crippen molar-refractivity contribution < 1.29 is 18.5 Å². The van der Waals surface area contributed by atoms with Gasteiger partial charge >= 0.3 is 6.49 Å². The van der Waals surface area contributed by atoms with E-state index in [-0.39, 0.29) is 0 Å². The lowest BCUT2D eigenvalue weighted by molar-refractivity contribution is 0.347. The average Bonchev–Trinajstić information content (AvgIpc) is 4.12. The third kappa shape index (κ3) is 16.1. The van der Waals surface area contributed by atoms with E-state index < -0.39 is 6.49 Å². The summed E-state index contributed by atoms with van der Waals surface area (Å²) in [4.78, 5) is 0. The van der Waals surface area contributed by atoms with Gasteiger partial charge in [-0.25, -0.2) is 0 Å². The SMILES string of the molecule is CCCCCCC1OC1CCCCCCCc1cccc(OP(=S)(Oc2cccc(CCCCCCCC3OC3CCCCCC)c2)c2ccccc2)c1. The van der Waals surface area contributed by atoms with Crippen LogP contribution in [0.5, 0.6) is 11.5 Å². The summed E-state index contributed by atoms with van der Waals surface area (Å²) in [5, 5.41) is 0.926. The summed E-state index contributed by atoms with van der Waals surface area (Å²) in [7, 11) is 0. The molecule has 0 bridgehead atoms. The molecule has 0 saturated carbocycles. The van der Waals surface area contributed by atoms with Gasteiger partial charge in [-0.05, 0) is 111 Å². The molecule has 6 heteroatoms. The number of ether oxygens (including phenoxy) is 2. The lowest BCUT2D eigenvalue weighted by atomic mass is 10.0. The number of epoxide rings is 2. The maximum atomic E-state index is 6.68. The van der Waals surface area contributed by atoms with E-state index in [1.54, 1.807) is 0 Å². The Labute approximate surface area is 334 Å². The van der Waals surface area contributed by atoms with E-state index >= 15 is 0 Å². The molecule has 298 valence electrons. The molecule has 0 amide bonds. The first-order chi connectivity index (χ1) is 26.6. The first-order valence-electron chi connectivity index (χ1n) is 22.1. The molecular weight excluding hydrogens is 704 g/mol. The molecule has 0 aromatic heterocycles. The summed E-state index contributed by atoms with van der Waals surface area (Å²) in [6.45, 7) is 1.68. The maximum Gasteiger partial charge on any atom is 0.319 e. The zero-order valence-corrected chi connectivity index (χ0v) is 35.5. The molecule has 2 aliphatic heterocycles. The second-order valence-electron chi connectivity index (χ2n) is 16.0. The Morgan fingerprint density at radius 3 is 1.28 bits per heavy atom. The van der Waals surface area contributed by atoms with Crippen LogP contribution in [0.3, 0.4) is 0 Å². The fourth-order valence-electron chi connectivity index (χ4n) is 7.86. The largest absolute Gasteiger partial charge is 0.432 e. The highest BCUT2D eigenvalue weighted by Gasteiger charge is 2.37. The van der Waals surface area contributed by atoms with Gasteiger partial charge in [0.25, 0.3) is 0 Å². The molecule has 5 rings (SSSR count). The van der Waals surface area contributed by atoms with Gasteiger partial charge in [0.05, 0.1) is 29.7 Å². The van der Waals surface area contributed by atoms with Crippen molar-refractivity contribution in [1.29, 1.82) is 0 Å². The van der Waals surface area contributed by atoms with Gasteiger partial charge in [0, 0.05) is 0 Å². The minimum Gasteiger partial charge on any atom is -0.432 e. The van der Waals surface area contributed by atoms with Crippen LogP contribution in [-0.2, 0) is 34.1 Å². The number of hydrogen-bond donors (Lipinski definition) is 0. The average molecular weight is 775 g/mol. The van der Waals surface area contributed by atoms with Gasteiger partial charge in [-0.2, -0.15) is 0 Å². The fourth-order valence-corrected chi connectivity index (χ4v) is 10.3. The number of unbranched alkanes of at least 4 members (excludes halogenated alkanes) is 14. The molecule has 3 aromatic carbocycles. The molecule has 2 aliphatic rings. The van der Waals surface area contributed by atoms with Gasteiger partial charge < -0.3 is 18.5 Å². The second-order valence-corrected chi connectivity index (χ2v) is 19.4. The minimum atomic E-state index is -2.87. The standard InChI is InChI=1S/C48H71O4PS/c1-3-5-7-20-34-45-47(49-45)36-22-13-9-11-16-26-40-28-24-30-42(38-40)51-53(54,44-32-18-15-19-33-44)52-43-31-25-29-41(39-43)27-17-12-10-14-23-37-48-46(50-48)35-21-8-6-4-2/h15,18-19,24-25,28-33,38-39,45-48H,3-14,16-17,20-23,26-27,34-37H2,1-2H3. The molecule has 54 heavy (non-hydrogen) atoms. The Balaban J connectivity index is 1.00.